The highest BCUT2D eigenvalue weighted by atomic mass is 32.1. The molecule has 0 saturated carbocycles. The van der Waals surface area contributed by atoms with Crippen LogP contribution in [0, 0.1) is 5.92 Å². The molecular formula is C29H45N5O6S. The van der Waals surface area contributed by atoms with Crippen LogP contribution in [0.25, 0.3) is 0 Å². The Morgan fingerprint density at radius 1 is 1.12 bits per heavy atom. The second kappa shape index (κ2) is 16.6. The van der Waals surface area contributed by atoms with E-state index in [-0.39, 0.29) is 49.0 Å². The van der Waals surface area contributed by atoms with Crippen molar-refractivity contribution in [3.63, 3.8) is 0 Å². The van der Waals surface area contributed by atoms with Crippen molar-refractivity contribution in [2.75, 3.05) is 52.7 Å². The van der Waals surface area contributed by atoms with Crippen molar-refractivity contribution in [3.05, 3.63) is 29.8 Å². The summed E-state index contributed by atoms with van der Waals surface area (Å²) in [6.07, 6.45) is 4.85. The lowest BCUT2D eigenvalue weighted by atomic mass is 9.92. The highest BCUT2D eigenvalue weighted by Crippen LogP contribution is 2.44. The van der Waals surface area contributed by atoms with Gasteiger partial charge in [0, 0.05) is 13.1 Å². The predicted octanol–water partition coefficient (Wildman–Crippen LogP) is 0.879. The fourth-order valence-corrected chi connectivity index (χ4v) is 5.64. The Balaban J connectivity index is 1.72. The molecule has 1 aromatic rings. The van der Waals surface area contributed by atoms with E-state index in [1.807, 2.05) is 20.2 Å². The molecule has 228 valence electrons. The number of hydrogen-bond acceptors (Lipinski definition) is 8. The van der Waals surface area contributed by atoms with E-state index >= 15 is 0 Å². The van der Waals surface area contributed by atoms with Crippen LogP contribution in [0.2, 0.25) is 0 Å². The normalized spacial score (nSPS) is 21.9. The van der Waals surface area contributed by atoms with E-state index in [4.69, 9.17) is 4.74 Å². The SMILES string of the molecule is CN(C)CCCC[C@@H]1NC(=O)[C@H]2C[C@@H](C(=O)NCCCCCNC(=O)CS)[C@@H](c3cccc(OCCO)c3)N2C1=O. The van der Waals surface area contributed by atoms with Gasteiger partial charge >= 0.3 is 0 Å². The molecule has 0 radical (unpaired) electrons. The first-order valence-corrected chi connectivity index (χ1v) is 15.2. The summed E-state index contributed by atoms with van der Waals surface area (Å²) in [7, 11) is 4.00. The van der Waals surface area contributed by atoms with Crippen LogP contribution in [0.5, 0.6) is 5.75 Å². The molecule has 0 aromatic heterocycles. The summed E-state index contributed by atoms with van der Waals surface area (Å²) < 4.78 is 5.61. The molecule has 4 amide bonds. The van der Waals surface area contributed by atoms with Gasteiger partial charge in [0.25, 0.3) is 0 Å². The second-order valence-electron chi connectivity index (χ2n) is 10.9. The first-order valence-electron chi connectivity index (χ1n) is 14.5. The van der Waals surface area contributed by atoms with Crippen molar-refractivity contribution in [3.8, 4) is 5.75 Å². The van der Waals surface area contributed by atoms with E-state index in [2.05, 4.69) is 33.5 Å². The van der Waals surface area contributed by atoms with Crippen LogP contribution < -0.4 is 20.7 Å². The molecule has 0 spiro atoms. The van der Waals surface area contributed by atoms with E-state index in [1.54, 1.807) is 23.1 Å². The van der Waals surface area contributed by atoms with Crippen LogP contribution in [0.1, 0.15) is 56.6 Å². The third-order valence-electron chi connectivity index (χ3n) is 7.53. The quantitative estimate of drug-likeness (QED) is 0.134. The molecule has 2 fully saturated rings. The minimum absolute atomic E-state index is 0.106. The zero-order valence-corrected chi connectivity index (χ0v) is 25.0. The van der Waals surface area contributed by atoms with Crippen molar-refractivity contribution < 1.29 is 29.0 Å². The number of amides is 4. The third kappa shape index (κ3) is 9.34. The Morgan fingerprint density at radius 2 is 1.88 bits per heavy atom. The van der Waals surface area contributed by atoms with Gasteiger partial charge in [-0.05, 0) is 83.3 Å². The van der Waals surface area contributed by atoms with Crippen molar-refractivity contribution in [1.29, 1.82) is 0 Å². The maximum atomic E-state index is 13.8. The Kier molecular flexibility index (Phi) is 13.2. The van der Waals surface area contributed by atoms with Gasteiger partial charge in [0.2, 0.25) is 23.6 Å². The first kappa shape index (κ1) is 32.7. The molecule has 0 bridgehead atoms. The van der Waals surface area contributed by atoms with Crippen molar-refractivity contribution in [1.82, 2.24) is 25.8 Å². The Morgan fingerprint density at radius 3 is 2.59 bits per heavy atom. The predicted molar refractivity (Wildman–Crippen MR) is 159 cm³/mol. The van der Waals surface area contributed by atoms with E-state index in [1.165, 1.54) is 0 Å². The lowest BCUT2D eigenvalue weighted by Gasteiger charge is -2.38. The van der Waals surface area contributed by atoms with Gasteiger partial charge in [-0.3, -0.25) is 19.2 Å². The number of nitrogens with zero attached hydrogens (tertiary/aromatic N) is 2. The number of carbonyl (C=O) groups is 4. The molecule has 0 unspecified atom stereocenters. The van der Waals surface area contributed by atoms with Gasteiger partial charge in [-0.25, -0.2) is 0 Å². The number of aliphatic hydroxyl groups is 1. The minimum atomic E-state index is -0.723. The van der Waals surface area contributed by atoms with Crippen LogP contribution in [-0.2, 0) is 19.2 Å². The summed E-state index contributed by atoms with van der Waals surface area (Å²) >= 11 is 3.94. The summed E-state index contributed by atoms with van der Waals surface area (Å²) in [6, 6.07) is 5.23. The van der Waals surface area contributed by atoms with Gasteiger partial charge in [-0.2, -0.15) is 12.6 Å². The molecule has 1 aromatic carbocycles. The van der Waals surface area contributed by atoms with Crippen molar-refractivity contribution >= 4 is 36.3 Å². The number of nitrogens with one attached hydrogen (secondary N) is 3. The van der Waals surface area contributed by atoms with Gasteiger partial charge < -0.3 is 35.6 Å². The Hall–Kier alpha value is -2.83. The monoisotopic (exact) mass is 591 g/mol. The second-order valence-corrected chi connectivity index (χ2v) is 11.2. The van der Waals surface area contributed by atoms with Crippen LogP contribution in [0.3, 0.4) is 0 Å². The number of ether oxygens (including phenoxy) is 1. The number of carbonyl (C=O) groups excluding carboxylic acids is 4. The van der Waals surface area contributed by atoms with Crippen LogP contribution >= 0.6 is 12.6 Å². The van der Waals surface area contributed by atoms with Gasteiger partial charge in [-0.1, -0.05) is 12.1 Å². The molecule has 4 atom stereocenters. The van der Waals surface area contributed by atoms with E-state index in [0.717, 1.165) is 44.2 Å². The van der Waals surface area contributed by atoms with E-state index < -0.39 is 24.0 Å². The lowest BCUT2D eigenvalue weighted by molar-refractivity contribution is -0.149. The van der Waals surface area contributed by atoms with Gasteiger partial charge in [0.05, 0.1) is 24.3 Å². The highest BCUT2D eigenvalue weighted by Gasteiger charge is 2.54. The zero-order chi connectivity index (χ0) is 29.8. The molecule has 4 N–H and O–H groups in total. The number of hydrogen-bond donors (Lipinski definition) is 5. The van der Waals surface area contributed by atoms with E-state index in [9.17, 15) is 24.3 Å². The molecule has 2 aliphatic rings. The van der Waals surface area contributed by atoms with Crippen LogP contribution in [-0.4, -0.2) is 103 Å². The zero-order valence-electron chi connectivity index (χ0n) is 24.1. The number of piperazine rings is 1. The molecular weight excluding hydrogens is 546 g/mol. The number of unbranched alkanes of at least 4 members (excludes halogenated alkanes) is 3. The summed E-state index contributed by atoms with van der Waals surface area (Å²) in [5.74, 6) is -0.611. The summed E-state index contributed by atoms with van der Waals surface area (Å²) in [5.41, 5.74) is 0.720. The average Bonchev–Trinajstić information content (AvgIpc) is 3.37. The first-order chi connectivity index (χ1) is 19.8. The number of benzene rings is 1. The topological polar surface area (TPSA) is 140 Å². The standard InChI is InChI=1S/C29H45N5O6S/c1-33(2)14-7-4-11-23-29(39)34-24(28(38)32-23)18-22(26(34)20-9-8-10-21(17-20)40-16-15-35)27(37)31-13-6-3-5-12-30-25(36)19-41/h8-10,17,22-24,26,35,41H,3-7,11-16,18-19H2,1-2H3,(H,30,36)(H,31,37)(H,32,38)/t22-,23+,24-,26-/m1/s1. The summed E-state index contributed by atoms with van der Waals surface area (Å²) in [5, 5.41) is 17.9. The smallest absolute Gasteiger partial charge is 0.246 e. The number of thiol groups is 1. The Labute approximate surface area is 248 Å². The number of rotatable bonds is 17. The van der Waals surface area contributed by atoms with Crippen LogP contribution in [0.15, 0.2) is 24.3 Å². The lowest BCUT2D eigenvalue weighted by Crippen LogP contribution is -2.61. The van der Waals surface area contributed by atoms with Gasteiger partial charge in [0.1, 0.15) is 24.4 Å². The van der Waals surface area contributed by atoms with Crippen LogP contribution in [0.4, 0.5) is 0 Å². The molecule has 41 heavy (non-hydrogen) atoms. The maximum absolute atomic E-state index is 13.8. The molecule has 2 heterocycles. The number of aliphatic hydroxyl groups excluding tert-OH is 1. The average molecular weight is 592 g/mol. The summed E-state index contributed by atoms with van der Waals surface area (Å²) in [6.45, 7) is 1.91. The largest absolute Gasteiger partial charge is 0.491 e. The molecule has 2 aliphatic heterocycles. The fourth-order valence-electron chi connectivity index (χ4n) is 5.52. The summed E-state index contributed by atoms with van der Waals surface area (Å²) in [4.78, 5) is 55.5. The molecule has 11 nitrogen and oxygen atoms in total. The van der Waals surface area contributed by atoms with Gasteiger partial charge in [-0.15, -0.1) is 0 Å². The molecule has 0 aliphatic carbocycles. The minimum Gasteiger partial charge on any atom is -0.491 e. The van der Waals surface area contributed by atoms with Crippen molar-refractivity contribution in [2.24, 2.45) is 5.92 Å². The maximum Gasteiger partial charge on any atom is 0.246 e. The fraction of sp³-hybridized carbons (Fsp3) is 0.655. The highest BCUT2D eigenvalue weighted by molar-refractivity contribution is 7.81. The third-order valence-corrected chi connectivity index (χ3v) is 7.82. The molecule has 3 rings (SSSR count). The molecule has 12 heteroatoms. The molecule has 2 saturated heterocycles. The van der Waals surface area contributed by atoms with Crippen molar-refractivity contribution in [2.45, 2.75) is 63.1 Å². The van der Waals surface area contributed by atoms with Gasteiger partial charge in [0.15, 0.2) is 0 Å². The number of fused-ring (bicyclic) bond motifs is 1. The van der Waals surface area contributed by atoms with E-state index in [0.29, 0.717) is 25.3 Å². The Bertz CT molecular complexity index is 1040.